The number of carbonyl (C=O) groups is 2. The molecule has 1 aromatic heterocycles. The van der Waals surface area contributed by atoms with E-state index < -0.39 is 23.3 Å². The highest BCUT2D eigenvalue weighted by atomic mass is 19.4. The van der Waals surface area contributed by atoms with Gasteiger partial charge in [0.2, 0.25) is 11.8 Å². The summed E-state index contributed by atoms with van der Waals surface area (Å²) in [6.07, 6.45) is -0.389. The van der Waals surface area contributed by atoms with Crippen molar-refractivity contribution in [2.24, 2.45) is 0 Å². The smallest absolute Gasteiger partial charge is 0.374 e. The minimum atomic E-state index is -4.75. The number of nitrogens with zero attached hydrogens (tertiary/aromatic N) is 6. The van der Waals surface area contributed by atoms with Crippen LogP contribution in [0, 0.1) is 18.3 Å². The minimum absolute atomic E-state index is 0.0177. The van der Waals surface area contributed by atoms with Crippen LogP contribution in [0.5, 0.6) is 0 Å². The first-order valence-corrected chi connectivity index (χ1v) is 14.5. The Morgan fingerprint density at radius 3 is 2.61 bits per heavy atom. The summed E-state index contributed by atoms with van der Waals surface area (Å²) in [6, 6.07) is 8.99. The molecule has 236 valence electrons. The van der Waals surface area contributed by atoms with Gasteiger partial charge in [0.15, 0.2) is 0 Å². The van der Waals surface area contributed by atoms with Crippen LogP contribution in [0.2, 0.25) is 0 Å². The Morgan fingerprint density at radius 2 is 1.95 bits per heavy atom. The van der Waals surface area contributed by atoms with Crippen LogP contribution >= 0.6 is 0 Å². The van der Waals surface area contributed by atoms with Crippen molar-refractivity contribution in [3.8, 4) is 6.07 Å². The van der Waals surface area contributed by atoms with Crippen molar-refractivity contribution in [3.63, 3.8) is 0 Å². The molecule has 2 aliphatic heterocycles. The summed E-state index contributed by atoms with van der Waals surface area (Å²) in [4.78, 5) is 37.2. The number of alkyl halides is 3. The second-order valence-corrected chi connectivity index (χ2v) is 11.3. The van der Waals surface area contributed by atoms with Gasteiger partial charge in [-0.1, -0.05) is 18.2 Å². The van der Waals surface area contributed by atoms with Gasteiger partial charge in [-0.2, -0.15) is 18.4 Å². The molecule has 0 unspecified atom stereocenters. The topological polar surface area (TPSA) is 105 Å². The van der Waals surface area contributed by atoms with Crippen LogP contribution in [0.25, 0.3) is 0 Å². The molecular formula is C31H38F3N7O3. The molecule has 1 aromatic carbocycles. The number of hydrogen-bond acceptors (Lipinski definition) is 8. The SMILES string of the molecule is Cc1cc(C(F)(F)F)c(C#N)c(N[C@H]2CCN(CCCOC3CN(C(=O)/C=C/CN(C)C)C3)c3ccccc3N(C)C2=O)n1. The molecule has 44 heavy (non-hydrogen) atoms. The summed E-state index contributed by atoms with van der Waals surface area (Å²) in [5, 5.41) is 12.4. The van der Waals surface area contributed by atoms with E-state index >= 15 is 0 Å². The van der Waals surface area contributed by atoms with Gasteiger partial charge in [-0.25, -0.2) is 4.98 Å². The molecule has 0 aliphatic carbocycles. The van der Waals surface area contributed by atoms with Gasteiger partial charge in [-0.15, -0.1) is 0 Å². The predicted molar refractivity (Wildman–Crippen MR) is 161 cm³/mol. The standard InChI is InChI=1S/C31H38F3N7O3/c1-21-17-24(31(32,33)34)23(18-35)29(36-21)37-25-12-15-40(27-10-6-5-9-26(27)39(4)30(25)43)14-8-16-44-22-19-41(20-22)28(42)11-7-13-38(2)3/h5-7,9-11,17,22,25H,8,12-16,19-20H2,1-4H3,(H,36,37)/b11-7+/t25-/m0/s1. The Labute approximate surface area is 255 Å². The van der Waals surface area contributed by atoms with Gasteiger partial charge < -0.3 is 29.7 Å². The maximum Gasteiger partial charge on any atom is 0.417 e. The van der Waals surface area contributed by atoms with Crippen molar-refractivity contribution in [3.05, 3.63) is 59.3 Å². The lowest BCUT2D eigenvalue weighted by atomic mass is 10.0. The number of aromatic nitrogens is 1. The lowest BCUT2D eigenvalue weighted by molar-refractivity contribution is -0.139. The number of nitriles is 1. The number of likely N-dealkylation sites (tertiary alicyclic amines) is 1. The quantitative estimate of drug-likeness (QED) is 0.320. The van der Waals surface area contributed by atoms with E-state index in [2.05, 4.69) is 15.2 Å². The molecule has 1 N–H and O–H groups in total. The number of para-hydroxylation sites is 2. The monoisotopic (exact) mass is 613 g/mol. The van der Waals surface area contributed by atoms with Gasteiger partial charge in [0.25, 0.3) is 0 Å². The van der Waals surface area contributed by atoms with Crippen LogP contribution < -0.4 is 15.1 Å². The Bertz CT molecular complexity index is 1420. The number of ether oxygens (including phenoxy) is 1. The molecule has 0 radical (unpaired) electrons. The Morgan fingerprint density at radius 1 is 1.25 bits per heavy atom. The molecule has 1 saturated heterocycles. The Kier molecular flexibility index (Phi) is 10.5. The number of amides is 2. The van der Waals surface area contributed by atoms with Crippen molar-refractivity contribution >= 4 is 29.0 Å². The number of fused-ring (bicyclic) bond motifs is 1. The van der Waals surface area contributed by atoms with Crippen molar-refractivity contribution in [2.45, 2.75) is 38.1 Å². The van der Waals surface area contributed by atoms with Crippen LogP contribution in [0.3, 0.4) is 0 Å². The molecule has 13 heteroatoms. The van der Waals surface area contributed by atoms with Crippen LogP contribution in [-0.2, 0) is 20.5 Å². The lowest BCUT2D eigenvalue weighted by Gasteiger charge is -2.38. The van der Waals surface area contributed by atoms with Crippen molar-refractivity contribution in [1.29, 1.82) is 5.26 Å². The number of aryl methyl sites for hydroxylation is 1. The maximum absolute atomic E-state index is 13.7. The molecule has 4 rings (SSSR count). The minimum Gasteiger partial charge on any atom is -0.374 e. The zero-order valence-corrected chi connectivity index (χ0v) is 25.4. The van der Waals surface area contributed by atoms with E-state index in [0.29, 0.717) is 51.4 Å². The van der Waals surface area contributed by atoms with Crippen LogP contribution in [0.4, 0.5) is 30.4 Å². The molecule has 2 aliphatic rings. The first-order chi connectivity index (χ1) is 20.9. The highest BCUT2D eigenvalue weighted by Gasteiger charge is 2.37. The molecule has 1 atom stereocenters. The first kappa shape index (κ1) is 32.8. The molecule has 2 amide bonds. The van der Waals surface area contributed by atoms with Crippen LogP contribution in [-0.4, -0.2) is 99.2 Å². The van der Waals surface area contributed by atoms with Gasteiger partial charge in [0.05, 0.1) is 23.0 Å². The van der Waals surface area contributed by atoms with Crippen LogP contribution in [0.15, 0.2) is 42.5 Å². The van der Waals surface area contributed by atoms with E-state index in [-0.39, 0.29) is 35.9 Å². The molecule has 0 saturated carbocycles. The summed E-state index contributed by atoms with van der Waals surface area (Å²) < 4.78 is 47.0. The number of halogens is 3. The molecule has 1 fully saturated rings. The number of benzene rings is 1. The highest BCUT2D eigenvalue weighted by molar-refractivity contribution is 6.01. The number of hydrogen-bond donors (Lipinski definition) is 1. The van der Waals surface area contributed by atoms with E-state index in [0.717, 1.165) is 11.8 Å². The fourth-order valence-corrected chi connectivity index (χ4v) is 5.24. The van der Waals surface area contributed by atoms with Crippen molar-refractivity contribution < 1.29 is 27.5 Å². The molecule has 3 heterocycles. The molecule has 10 nitrogen and oxygen atoms in total. The van der Waals surface area contributed by atoms with Gasteiger partial charge in [0.1, 0.15) is 23.5 Å². The number of likely N-dealkylation sites (N-methyl/N-ethyl adjacent to an activating group) is 2. The first-order valence-electron chi connectivity index (χ1n) is 14.5. The predicted octanol–water partition coefficient (Wildman–Crippen LogP) is 3.67. The number of nitrogens with one attached hydrogen (secondary N) is 1. The van der Waals surface area contributed by atoms with E-state index in [1.54, 1.807) is 24.1 Å². The third-order valence-electron chi connectivity index (χ3n) is 7.59. The third kappa shape index (κ3) is 7.86. The van der Waals surface area contributed by atoms with Gasteiger partial charge in [0, 0.05) is 58.1 Å². The second kappa shape index (κ2) is 14.1. The number of carbonyl (C=O) groups excluding carboxylic acids is 2. The van der Waals surface area contributed by atoms with Crippen molar-refractivity contribution in [1.82, 2.24) is 14.8 Å². The van der Waals surface area contributed by atoms with Gasteiger partial charge >= 0.3 is 6.18 Å². The summed E-state index contributed by atoms with van der Waals surface area (Å²) in [7, 11) is 5.49. The van der Waals surface area contributed by atoms with E-state index in [1.165, 1.54) is 11.8 Å². The fraction of sp³-hybridized carbons (Fsp3) is 0.484. The van der Waals surface area contributed by atoms with Crippen LogP contribution in [0.1, 0.15) is 29.7 Å². The fourth-order valence-electron chi connectivity index (χ4n) is 5.24. The lowest BCUT2D eigenvalue weighted by Crippen LogP contribution is -2.54. The Balaban J connectivity index is 1.40. The average Bonchev–Trinajstić information content (AvgIpc) is 2.94. The average molecular weight is 614 g/mol. The van der Waals surface area contributed by atoms with E-state index in [1.807, 2.05) is 49.3 Å². The second-order valence-electron chi connectivity index (χ2n) is 11.3. The zero-order chi connectivity index (χ0) is 32.0. The van der Waals surface area contributed by atoms with Crippen molar-refractivity contribution in [2.75, 3.05) is 75.6 Å². The number of pyridine rings is 1. The highest BCUT2D eigenvalue weighted by Crippen LogP contribution is 2.36. The summed E-state index contributed by atoms with van der Waals surface area (Å²) >= 11 is 0. The Hall–Kier alpha value is -4.15. The number of rotatable bonds is 10. The summed E-state index contributed by atoms with van der Waals surface area (Å²) in [5.41, 5.74) is -0.132. The van der Waals surface area contributed by atoms with Gasteiger partial charge in [-0.3, -0.25) is 9.59 Å². The molecule has 0 bridgehead atoms. The normalized spacial score (nSPS) is 17.8. The maximum atomic E-state index is 13.7. The number of anilines is 3. The largest absolute Gasteiger partial charge is 0.417 e. The molecule has 0 spiro atoms. The summed E-state index contributed by atoms with van der Waals surface area (Å²) in [6.45, 7) is 4.73. The van der Waals surface area contributed by atoms with E-state index in [9.17, 15) is 28.0 Å². The zero-order valence-electron chi connectivity index (χ0n) is 25.4. The molecular weight excluding hydrogens is 575 g/mol. The summed E-state index contributed by atoms with van der Waals surface area (Å²) in [5.74, 6) is -0.633. The van der Waals surface area contributed by atoms with E-state index in [4.69, 9.17) is 4.74 Å². The molecule has 2 aromatic rings. The van der Waals surface area contributed by atoms with Gasteiger partial charge in [-0.05, 0) is 52.1 Å². The third-order valence-corrected chi connectivity index (χ3v) is 7.59.